The number of hydrogen-bond donors (Lipinski definition) is 0. The summed E-state index contributed by atoms with van der Waals surface area (Å²) in [5.74, 6) is 0. The van der Waals surface area contributed by atoms with Crippen LogP contribution in [-0.4, -0.2) is 16.1 Å². The average Bonchev–Trinajstić information content (AvgIpc) is 2.47. The zero-order chi connectivity index (χ0) is 14.6. The first-order valence-electron chi connectivity index (χ1n) is 7.53. The molecule has 0 amide bonds. The van der Waals surface area contributed by atoms with Gasteiger partial charge in [-0.1, -0.05) is 109 Å². The Balaban J connectivity index is 2.08. The van der Waals surface area contributed by atoms with Crippen molar-refractivity contribution in [1.82, 2.24) is 0 Å². The van der Waals surface area contributed by atoms with Gasteiger partial charge < -0.3 is 0 Å². The van der Waals surface area contributed by atoms with E-state index in [0.29, 0.717) is 0 Å². The normalized spacial score (nSPS) is 12.4. The number of benzene rings is 2. The van der Waals surface area contributed by atoms with Crippen LogP contribution in [0.5, 0.6) is 0 Å². The van der Waals surface area contributed by atoms with Gasteiger partial charge in [0.1, 0.15) is 0 Å². The van der Waals surface area contributed by atoms with Crippen LogP contribution in [0.2, 0.25) is 38.3 Å². The first-order valence-corrected chi connectivity index (χ1v) is 13.9. The maximum Gasteiger partial charge on any atom is 0.0803 e. The van der Waals surface area contributed by atoms with E-state index in [1.54, 1.807) is 10.4 Å². The highest BCUT2D eigenvalue weighted by atomic mass is 28.3. The highest BCUT2D eigenvalue weighted by Gasteiger charge is 2.29. The summed E-state index contributed by atoms with van der Waals surface area (Å²) < 4.78 is 0. The van der Waals surface area contributed by atoms with Gasteiger partial charge in [0, 0.05) is 0 Å². The predicted octanol–water partition coefficient (Wildman–Crippen LogP) is 4.22. The molecule has 0 aliphatic carbocycles. The Labute approximate surface area is 125 Å². The molecule has 0 radical (unpaired) electrons. The maximum absolute atomic E-state index is 2.51. The first kappa shape index (κ1) is 15.3. The number of rotatable bonds is 5. The van der Waals surface area contributed by atoms with Gasteiger partial charge in [0.25, 0.3) is 0 Å². The molecule has 0 fully saturated rings. The summed E-state index contributed by atoms with van der Waals surface area (Å²) in [6, 6.07) is 25.1. The number of hydrogen-bond acceptors (Lipinski definition) is 0. The average molecular weight is 299 g/mol. The van der Waals surface area contributed by atoms with Gasteiger partial charge in [0.2, 0.25) is 0 Å². The Morgan fingerprint density at radius 2 is 0.850 bits per heavy atom. The zero-order valence-electron chi connectivity index (χ0n) is 13.2. The van der Waals surface area contributed by atoms with Crippen molar-refractivity contribution in [2.24, 2.45) is 0 Å². The first-order chi connectivity index (χ1) is 9.42. The van der Waals surface area contributed by atoms with Crippen LogP contribution in [0.25, 0.3) is 0 Å². The third-order valence-electron chi connectivity index (χ3n) is 4.49. The van der Waals surface area contributed by atoms with Gasteiger partial charge in [0.15, 0.2) is 0 Å². The summed E-state index contributed by atoms with van der Waals surface area (Å²) in [5, 5.41) is 3.19. The third kappa shape index (κ3) is 3.71. The quantitative estimate of drug-likeness (QED) is 0.725. The lowest BCUT2D eigenvalue weighted by molar-refractivity contribution is 1.29. The fraction of sp³-hybridized carbons (Fsp3) is 0.333. The molecule has 2 aromatic carbocycles. The molecule has 0 N–H and O–H groups in total. The smallest absolute Gasteiger partial charge is 0.0654 e. The molecule has 0 heterocycles. The molecule has 0 unspecified atom stereocenters. The summed E-state index contributed by atoms with van der Waals surface area (Å²) in [4.78, 5) is 0. The molecule has 0 aliphatic rings. The highest BCUT2D eigenvalue weighted by molar-refractivity contribution is 6.94. The Bertz CT molecular complexity index is 478. The van der Waals surface area contributed by atoms with Crippen molar-refractivity contribution in [2.75, 3.05) is 0 Å². The van der Waals surface area contributed by atoms with E-state index in [1.807, 2.05) is 0 Å². The van der Waals surface area contributed by atoms with Gasteiger partial charge in [-0.25, -0.2) is 0 Å². The van der Waals surface area contributed by atoms with Gasteiger partial charge in [-0.2, -0.15) is 0 Å². The van der Waals surface area contributed by atoms with Gasteiger partial charge in [-0.3, -0.25) is 0 Å². The summed E-state index contributed by atoms with van der Waals surface area (Å²) in [6.45, 7) is 10.0. The minimum Gasteiger partial charge on any atom is -0.0654 e. The Morgan fingerprint density at radius 3 is 1.15 bits per heavy atom. The van der Waals surface area contributed by atoms with Crippen LogP contribution in [0.15, 0.2) is 60.7 Å². The van der Waals surface area contributed by atoms with Gasteiger partial charge in [0.05, 0.1) is 16.1 Å². The van der Waals surface area contributed by atoms with E-state index in [9.17, 15) is 0 Å². The van der Waals surface area contributed by atoms with Gasteiger partial charge >= 0.3 is 0 Å². The lowest BCUT2D eigenvalue weighted by atomic mass is 10.4. The highest BCUT2D eigenvalue weighted by Crippen LogP contribution is 2.20. The third-order valence-corrected chi connectivity index (χ3v) is 11.8. The molecule has 2 heteroatoms. The molecule has 106 valence electrons. The van der Waals surface area contributed by atoms with E-state index in [0.717, 1.165) is 0 Å². The molecular weight excluding hydrogens is 272 g/mol. The Morgan fingerprint density at radius 1 is 0.550 bits per heavy atom. The van der Waals surface area contributed by atoms with E-state index in [-0.39, 0.29) is 0 Å². The summed E-state index contributed by atoms with van der Waals surface area (Å²) in [5.41, 5.74) is 0. The molecule has 0 nitrogen and oxygen atoms in total. The summed E-state index contributed by atoms with van der Waals surface area (Å²) in [6.07, 6.45) is 0. The van der Waals surface area contributed by atoms with E-state index in [2.05, 4.69) is 86.9 Å². The van der Waals surface area contributed by atoms with Gasteiger partial charge in [-0.15, -0.1) is 0 Å². The molecule has 0 atom stereocenters. The van der Waals surface area contributed by atoms with E-state index >= 15 is 0 Å². The fourth-order valence-electron chi connectivity index (χ4n) is 2.69. The van der Waals surface area contributed by atoms with Crippen molar-refractivity contribution in [1.29, 1.82) is 0 Å². The largest absolute Gasteiger partial charge is 0.0803 e. The SMILES string of the molecule is C[Si](C)(CC[Si](C)(C)c1ccccc1)c1ccccc1. The molecule has 2 rings (SSSR count). The van der Waals surface area contributed by atoms with Crippen LogP contribution in [0.1, 0.15) is 0 Å². The monoisotopic (exact) mass is 298 g/mol. The molecule has 20 heavy (non-hydrogen) atoms. The minimum absolute atomic E-state index is 1.29. The van der Waals surface area contributed by atoms with E-state index in [1.165, 1.54) is 12.1 Å². The molecule has 0 saturated carbocycles. The Hall–Kier alpha value is -1.13. The second kappa shape index (κ2) is 6.10. The lowest BCUT2D eigenvalue weighted by Crippen LogP contribution is -2.46. The molecule has 0 bridgehead atoms. The second-order valence-electron chi connectivity index (χ2n) is 7.00. The minimum atomic E-state index is -1.29. The van der Waals surface area contributed by atoms with Crippen molar-refractivity contribution in [3.8, 4) is 0 Å². The van der Waals surface area contributed by atoms with Crippen molar-refractivity contribution in [3.63, 3.8) is 0 Å². The van der Waals surface area contributed by atoms with Crippen molar-refractivity contribution in [2.45, 2.75) is 38.3 Å². The molecule has 0 aliphatic heterocycles. The van der Waals surface area contributed by atoms with Crippen LogP contribution in [-0.2, 0) is 0 Å². The standard InChI is InChI=1S/C18H26Si2/c1-19(2,17-11-7-5-8-12-17)15-16-20(3,4)18-13-9-6-10-14-18/h5-14H,15-16H2,1-4H3. The molecule has 0 spiro atoms. The van der Waals surface area contributed by atoms with E-state index < -0.39 is 16.1 Å². The zero-order valence-corrected chi connectivity index (χ0v) is 15.2. The Kier molecular flexibility index (Phi) is 4.66. The van der Waals surface area contributed by atoms with Crippen LogP contribution < -0.4 is 10.4 Å². The molecule has 0 aromatic heterocycles. The summed E-state index contributed by atoms with van der Waals surface area (Å²) >= 11 is 0. The molecule has 0 saturated heterocycles. The van der Waals surface area contributed by atoms with Crippen molar-refractivity contribution >= 4 is 26.5 Å². The second-order valence-corrected chi connectivity index (χ2v) is 16.7. The maximum atomic E-state index is 2.51. The van der Waals surface area contributed by atoms with Crippen LogP contribution in [0.4, 0.5) is 0 Å². The molecular formula is C18H26Si2. The van der Waals surface area contributed by atoms with Crippen molar-refractivity contribution in [3.05, 3.63) is 60.7 Å². The molecule has 2 aromatic rings. The topological polar surface area (TPSA) is 0 Å². The predicted molar refractivity (Wildman–Crippen MR) is 96.7 cm³/mol. The van der Waals surface area contributed by atoms with E-state index in [4.69, 9.17) is 0 Å². The lowest BCUT2D eigenvalue weighted by Gasteiger charge is -2.29. The van der Waals surface area contributed by atoms with Crippen molar-refractivity contribution < 1.29 is 0 Å². The van der Waals surface area contributed by atoms with Crippen LogP contribution >= 0.6 is 0 Å². The van der Waals surface area contributed by atoms with Crippen LogP contribution in [0, 0.1) is 0 Å². The van der Waals surface area contributed by atoms with Gasteiger partial charge in [-0.05, 0) is 0 Å². The summed E-state index contributed by atoms with van der Waals surface area (Å²) in [7, 11) is -2.57. The fourth-order valence-corrected chi connectivity index (χ4v) is 10.5. The van der Waals surface area contributed by atoms with Crippen LogP contribution in [0.3, 0.4) is 0 Å².